The highest BCUT2D eigenvalue weighted by molar-refractivity contribution is 5.98. The molecule has 2 aliphatic heterocycles. The molecule has 0 spiro atoms. The Hall–Kier alpha value is -4.12. The van der Waals surface area contributed by atoms with Gasteiger partial charge in [0, 0.05) is 30.7 Å². The molecule has 11 heteroatoms. The lowest BCUT2D eigenvalue weighted by molar-refractivity contribution is -0.0507. The van der Waals surface area contributed by atoms with Gasteiger partial charge in [-0.25, -0.2) is 4.98 Å². The minimum absolute atomic E-state index is 0.00647. The number of fused-ring (bicyclic) bond motifs is 9. The van der Waals surface area contributed by atoms with Crippen LogP contribution in [0.1, 0.15) is 76.9 Å². The normalized spacial score (nSPS) is 21.6. The van der Waals surface area contributed by atoms with Crippen LogP contribution in [-0.2, 0) is 5.54 Å². The van der Waals surface area contributed by atoms with E-state index >= 15 is 0 Å². The van der Waals surface area contributed by atoms with Crippen LogP contribution in [0.15, 0.2) is 40.8 Å². The molecule has 4 heterocycles. The van der Waals surface area contributed by atoms with Gasteiger partial charge >= 0.3 is 6.61 Å². The van der Waals surface area contributed by atoms with Gasteiger partial charge in [-0.2, -0.15) is 8.78 Å². The molecule has 1 amide bonds. The highest BCUT2D eigenvalue weighted by Gasteiger charge is 2.45. The molecule has 0 unspecified atom stereocenters. The predicted octanol–water partition coefficient (Wildman–Crippen LogP) is 4.65. The predicted molar refractivity (Wildman–Crippen MR) is 133 cm³/mol. The maximum atomic E-state index is 13.3. The first-order chi connectivity index (χ1) is 18.3. The van der Waals surface area contributed by atoms with E-state index in [1.807, 2.05) is 28.8 Å². The van der Waals surface area contributed by atoms with Gasteiger partial charge in [0.2, 0.25) is 11.8 Å². The number of hydrogen-bond donors (Lipinski definition) is 1. The summed E-state index contributed by atoms with van der Waals surface area (Å²) in [6, 6.07) is 9.83. The third kappa shape index (κ3) is 3.38. The van der Waals surface area contributed by atoms with E-state index in [0.29, 0.717) is 29.3 Å². The molecule has 0 radical (unpaired) electrons. The van der Waals surface area contributed by atoms with Gasteiger partial charge in [0.25, 0.3) is 5.91 Å². The number of alkyl halides is 2. The number of ether oxygens (including phenoxy) is 1. The molecule has 2 aromatic heterocycles. The van der Waals surface area contributed by atoms with Crippen LogP contribution in [0.5, 0.6) is 5.75 Å². The molecule has 1 fully saturated rings. The summed E-state index contributed by atoms with van der Waals surface area (Å²) in [6.45, 7) is -3.01. The van der Waals surface area contributed by atoms with Gasteiger partial charge < -0.3 is 24.4 Å². The minimum atomic E-state index is -3.01. The summed E-state index contributed by atoms with van der Waals surface area (Å²) >= 11 is 0. The number of imidazole rings is 1. The summed E-state index contributed by atoms with van der Waals surface area (Å²) in [5.41, 5.74) is 9.02. The van der Waals surface area contributed by atoms with E-state index in [-0.39, 0.29) is 23.7 Å². The fourth-order valence-electron chi connectivity index (χ4n) is 5.84. The van der Waals surface area contributed by atoms with Crippen LogP contribution in [0.3, 0.4) is 0 Å². The first kappa shape index (κ1) is 23.0. The lowest BCUT2D eigenvalue weighted by Gasteiger charge is -2.33. The average Bonchev–Trinajstić information content (AvgIpc) is 3.57. The Balaban J connectivity index is 1.30. The number of carbonyl (C=O) groups is 1. The number of aromatic nitrogens is 4. The fourth-order valence-corrected chi connectivity index (χ4v) is 5.84. The second-order valence-corrected chi connectivity index (χ2v) is 10.2. The molecule has 2 N–H and O–H groups in total. The van der Waals surface area contributed by atoms with Gasteiger partial charge in [-0.3, -0.25) is 4.79 Å². The number of halogens is 2. The highest BCUT2D eigenvalue weighted by atomic mass is 19.3. The Kier molecular flexibility index (Phi) is 4.96. The summed E-state index contributed by atoms with van der Waals surface area (Å²) < 4.78 is 39.3. The number of nitrogens with two attached hydrogens (primary N) is 1. The van der Waals surface area contributed by atoms with Gasteiger partial charge in [0.1, 0.15) is 11.6 Å². The van der Waals surface area contributed by atoms with Gasteiger partial charge in [-0.05, 0) is 55.2 Å². The van der Waals surface area contributed by atoms with Crippen LogP contribution in [0.25, 0.3) is 23.2 Å². The van der Waals surface area contributed by atoms with Gasteiger partial charge in [0.15, 0.2) is 0 Å². The molecule has 194 valence electrons. The van der Waals surface area contributed by atoms with Crippen molar-refractivity contribution < 1.29 is 22.7 Å². The number of hydrogen-bond acceptors (Lipinski definition) is 7. The van der Waals surface area contributed by atoms with Crippen LogP contribution in [-0.4, -0.2) is 44.2 Å². The van der Waals surface area contributed by atoms with E-state index in [9.17, 15) is 13.6 Å². The lowest BCUT2D eigenvalue weighted by Crippen LogP contribution is -2.43. The molecule has 1 aliphatic carbocycles. The third-order valence-electron chi connectivity index (χ3n) is 7.96. The second kappa shape index (κ2) is 8.19. The van der Waals surface area contributed by atoms with E-state index in [2.05, 4.69) is 10.2 Å². The van der Waals surface area contributed by atoms with Crippen LogP contribution < -0.4 is 10.5 Å². The minimum Gasteiger partial charge on any atom is -0.434 e. The Bertz CT molecular complexity index is 1620. The Labute approximate surface area is 215 Å². The molecular formula is C27H24F2N6O3. The molecular weight excluding hydrogens is 494 g/mol. The average molecular weight is 519 g/mol. The summed E-state index contributed by atoms with van der Waals surface area (Å²) in [5.74, 6) is 1.30. The quantitative estimate of drug-likeness (QED) is 0.409. The van der Waals surface area contributed by atoms with E-state index < -0.39 is 12.2 Å². The van der Waals surface area contributed by atoms with Gasteiger partial charge in [-0.1, -0.05) is 12.1 Å². The highest BCUT2D eigenvalue weighted by Crippen LogP contribution is 2.50. The molecule has 9 nitrogen and oxygen atoms in total. The number of benzene rings is 2. The third-order valence-corrected chi connectivity index (χ3v) is 7.96. The molecule has 38 heavy (non-hydrogen) atoms. The second-order valence-electron chi connectivity index (χ2n) is 10.2. The van der Waals surface area contributed by atoms with E-state index in [1.54, 1.807) is 30.2 Å². The number of rotatable bonds is 5. The van der Waals surface area contributed by atoms with Crippen molar-refractivity contribution in [1.29, 1.82) is 0 Å². The largest absolute Gasteiger partial charge is 0.434 e. The summed E-state index contributed by atoms with van der Waals surface area (Å²) in [7, 11) is 1.72. The zero-order valence-electron chi connectivity index (χ0n) is 20.5. The van der Waals surface area contributed by atoms with Crippen molar-refractivity contribution in [2.45, 2.75) is 49.9 Å². The van der Waals surface area contributed by atoms with E-state index in [0.717, 1.165) is 41.7 Å². The Morgan fingerprint density at radius 3 is 2.79 bits per heavy atom. The van der Waals surface area contributed by atoms with Crippen LogP contribution >= 0.6 is 0 Å². The monoisotopic (exact) mass is 518 g/mol. The SMILES string of the molecule is CN1C(=O)c2cccc(OC(F)F)c2[C@H]2C[C@@H]1c1nc3ccc(/C=C/c4nnc(C5(N)CCC5)o4)cc3n12. The van der Waals surface area contributed by atoms with Crippen molar-refractivity contribution in [2.75, 3.05) is 7.05 Å². The molecule has 2 aromatic carbocycles. The first-order valence-electron chi connectivity index (χ1n) is 12.5. The van der Waals surface area contributed by atoms with Crippen molar-refractivity contribution in [3.8, 4) is 5.75 Å². The fraction of sp³-hybridized carbons (Fsp3) is 0.333. The van der Waals surface area contributed by atoms with Crippen molar-refractivity contribution in [3.63, 3.8) is 0 Å². The maximum Gasteiger partial charge on any atom is 0.387 e. The first-order valence-corrected chi connectivity index (χ1v) is 12.5. The zero-order chi connectivity index (χ0) is 26.2. The molecule has 4 aromatic rings. The zero-order valence-corrected chi connectivity index (χ0v) is 20.5. The van der Waals surface area contributed by atoms with Crippen molar-refractivity contribution in [3.05, 3.63) is 70.7 Å². The van der Waals surface area contributed by atoms with Crippen LogP contribution in [0, 0.1) is 0 Å². The number of amides is 1. The standard InChI is InChI=1S/C27H24F2N6O3/c1-34-19-13-18(22-15(24(34)36)4-2-5-20(22)37-26(28)29)35-17-12-14(6-8-16(17)31-23(19)35)7-9-21-32-33-25(38-21)27(30)10-3-11-27/h2,4-9,12,18-19,26H,3,10-11,13,30H2,1H3/b9-7+/t18-,19-/m1/s1. The topological polar surface area (TPSA) is 112 Å². The Morgan fingerprint density at radius 1 is 1.18 bits per heavy atom. The molecule has 7 rings (SSSR count). The summed E-state index contributed by atoms with van der Waals surface area (Å²) in [4.78, 5) is 19.7. The maximum absolute atomic E-state index is 13.3. The number of carbonyl (C=O) groups excluding carboxylic acids is 1. The smallest absolute Gasteiger partial charge is 0.387 e. The molecule has 2 atom stereocenters. The summed E-state index contributed by atoms with van der Waals surface area (Å²) in [5, 5.41) is 8.22. The van der Waals surface area contributed by atoms with Crippen molar-refractivity contribution in [1.82, 2.24) is 24.6 Å². The van der Waals surface area contributed by atoms with E-state index in [4.69, 9.17) is 19.9 Å². The molecule has 2 bridgehead atoms. The lowest BCUT2D eigenvalue weighted by atomic mass is 9.78. The van der Waals surface area contributed by atoms with Gasteiger partial charge in [0.05, 0.1) is 28.7 Å². The molecule has 0 saturated heterocycles. The van der Waals surface area contributed by atoms with E-state index in [1.165, 1.54) is 6.07 Å². The summed E-state index contributed by atoms with van der Waals surface area (Å²) in [6.07, 6.45) is 6.83. The Morgan fingerprint density at radius 2 is 2.03 bits per heavy atom. The van der Waals surface area contributed by atoms with Crippen molar-refractivity contribution >= 4 is 29.1 Å². The van der Waals surface area contributed by atoms with Gasteiger partial charge in [-0.15, -0.1) is 10.2 Å². The molecule has 1 saturated carbocycles. The van der Waals surface area contributed by atoms with Crippen LogP contribution in [0.4, 0.5) is 8.78 Å². The molecule has 3 aliphatic rings. The van der Waals surface area contributed by atoms with Crippen LogP contribution in [0.2, 0.25) is 0 Å². The number of nitrogens with zero attached hydrogens (tertiary/aromatic N) is 5. The van der Waals surface area contributed by atoms with Crippen molar-refractivity contribution in [2.24, 2.45) is 5.73 Å².